The molecular weight excluding hydrogens is 449 g/mol. The average molecular weight is 470 g/mol. The Balaban J connectivity index is 1.94. The van der Waals surface area contributed by atoms with Crippen LogP contribution >= 0.6 is 23.2 Å². The van der Waals surface area contributed by atoms with Crippen LogP contribution in [0, 0.1) is 5.92 Å². The molecular formula is C21H21Cl2NO5S. The van der Waals surface area contributed by atoms with Gasteiger partial charge in [-0.2, -0.15) is 0 Å². The lowest BCUT2D eigenvalue weighted by atomic mass is 9.93. The van der Waals surface area contributed by atoms with Crippen LogP contribution in [0.4, 0.5) is 0 Å². The quantitative estimate of drug-likeness (QED) is 0.634. The van der Waals surface area contributed by atoms with Crippen molar-refractivity contribution >= 4 is 44.9 Å². The third-order valence-corrected chi connectivity index (χ3v) is 7.12. The number of rotatable bonds is 6. The van der Waals surface area contributed by atoms with E-state index in [1.165, 1.54) is 24.3 Å². The number of hydrogen-bond acceptors (Lipinski definition) is 5. The molecule has 1 aliphatic heterocycles. The average Bonchev–Trinajstić information content (AvgIpc) is 2.84. The highest BCUT2D eigenvalue weighted by atomic mass is 35.5. The summed E-state index contributed by atoms with van der Waals surface area (Å²) in [4.78, 5) is 25.4. The number of ketones is 1. The standard InChI is InChI=1S/C21H21Cl2NO5S/c1-2-29-20-10-6-17(23)12-15(20)11-14-3-7-18(25)13-24(21(14)26)30(27,28)19-8-4-16(22)5-9-19/h4-6,8-10,12,14H,2-3,7,11,13H2,1H3. The van der Waals surface area contributed by atoms with Gasteiger partial charge in [-0.05, 0) is 67.8 Å². The molecule has 0 spiro atoms. The Morgan fingerprint density at radius 2 is 1.73 bits per heavy atom. The Hall–Kier alpha value is -2.09. The molecule has 1 heterocycles. The summed E-state index contributed by atoms with van der Waals surface area (Å²) >= 11 is 11.9. The van der Waals surface area contributed by atoms with E-state index < -0.39 is 28.4 Å². The minimum Gasteiger partial charge on any atom is -0.494 e. The second kappa shape index (κ2) is 9.37. The molecule has 0 aromatic heterocycles. The lowest BCUT2D eigenvalue weighted by Gasteiger charge is -2.24. The molecule has 3 rings (SSSR count). The minimum atomic E-state index is -4.19. The first-order valence-corrected chi connectivity index (χ1v) is 11.7. The first-order chi connectivity index (χ1) is 14.2. The van der Waals surface area contributed by atoms with E-state index in [0.29, 0.717) is 32.3 Å². The van der Waals surface area contributed by atoms with Crippen molar-refractivity contribution < 1.29 is 22.7 Å². The number of hydrogen-bond donors (Lipinski definition) is 0. The molecule has 9 heteroatoms. The minimum absolute atomic E-state index is 0.0912. The summed E-state index contributed by atoms with van der Waals surface area (Å²) in [5.74, 6) is -1.04. The summed E-state index contributed by atoms with van der Waals surface area (Å²) in [6.07, 6.45) is 0.588. The maximum atomic E-state index is 13.2. The summed E-state index contributed by atoms with van der Waals surface area (Å²) in [6, 6.07) is 10.6. The second-order valence-corrected chi connectivity index (χ2v) is 9.70. The van der Waals surface area contributed by atoms with Gasteiger partial charge in [0.1, 0.15) is 5.75 Å². The van der Waals surface area contributed by atoms with Crippen LogP contribution in [0.3, 0.4) is 0 Å². The van der Waals surface area contributed by atoms with Gasteiger partial charge in [-0.1, -0.05) is 23.2 Å². The van der Waals surface area contributed by atoms with Crippen molar-refractivity contribution in [2.45, 2.75) is 31.1 Å². The third kappa shape index (κ3) is 4.96. The van der Waals surface area contributed by atoms with E-state index in [-0.39, 0.29) is 29.9 Å². The molecule has 1 fully saturated rings. The normalized spacial score (nSPS) is 17.7. The van der Waals surface area contributed by atoms with Crippen LogP contribution in [0.25, 0.3) is 0 Å². The van der Waals surface area contributed by atoms with Crippen molar-refractivity contribution in [3.05, 3.63) is 58.1 Å². The molecule has 0 aliphatic carbocycles. The van der Waals surface area contributed by atoms with Gasteiger partial charge >= 0.3 is 0 Å². The van der Waals surface area contributed by atoms with Gasteiger partial charge in [0, 0.05) is 22.4 Å². The van der Waals surface area contributed by atoms with Gasteiger partial charge in [-0.15, -0.1) is 0 Å². The molecule has 0 radical (unpaired) electrons. The van der Waals surface area contributed by atoms with Gasteiger partial charge in [0.05, 0.1) is 18.0 Å². The molecule has 0 bridgehead atoms. The molecule has 1 amide bonds. The third-order valence-electron chi connectivity index (χ3n) is 4.88. The molecule has 6 nitrogen and oxygen atoms in total. The smallest absolute Gasteiger partial charge is 0.266 e. The topological polar surface area (TPSA) is 80.8 Å². The number of halogens is 2. The number of carbonyl (C=O) groups is 2. The molecule has 0 saturated carbocycles. The Labute approximate surface area is 185 Å². The maximum absolute atomic E-state index is 13.2. The Kier molecular flexibility index (Phi) is 7.06. The molecule has 1 aliphatic rings. The lowest BCUT2D eigenvalue weighted by molar-refractivity contribution is -0.131. The maximum Gasteiger partial charge on any atom is 0.266 e. The van der Waals surface area contributed by atoms with Gasteiger partial charge < -0.3 is 4.74 Å². The van der Waals surface area contributed by atoms with E-state index in [1.54, 1.807) is 18.2 Å². The van der Waals surface area contributed by atoms with E-state index in [1.807, 2.05) is 6.92 Å². The fourth-order valence-electron chi connectivity index (χ4n) is 3.38. The Morgan fingerprint density at radius 1 is 1.07 bits per heavy atom. The van der Waals surface area contributed by atoms with Crippen molar-refractivity contribution in [1.29, 1.82) is 0 Å². The molecule has 30 heavy (non-hydrogen) atoms. The van der Waals surface area contributed by atoms with E-state index in [0.717, 1.165) is 0 Å². The molecule has 2 aromatic carbocycles. The van der Waals surface area contributed by atoms with Gasteiger partial charge in [0.2, 0.25) is 5.91 Å². The number of nitrogens with zero attached hydrogens (tertiary/aromatic N) is 1. The van der Waals surface area contributed by atoms with Crippen LogP contribution in [-0.2, 0) is 26.0 Å². The summed E-state index contributed by atoms with van der Waals surface area (Å²) in [6.45, 7) is 1.80. The molecule has 1 unspecified atom stereocenters. The van der Waals surface area contributed by atoms with Crippen LogP contribution in [-0.4, -0.2) is 37.6 Å². The van der Waals surface area contributed by atoms with Crippen molar-refractivity contribution in [2.24, 2.45) is 5.92 Å². The SMILES string of the molecule is CCOc1ccc(Cl)cc1CC1CCC(=O)CN(S(=O)(=O)c2ccc(Cl)cc2)C1=O. The van der Waals surface area contributed by atoms with E-state index in [2.05, 4.69) is 0 Å². The zero-order valence-electron chi connectivity index (χ0n) is 16.3. The summed E-state index contributed by atoms with van der Waals surface area (Å²) in [5.41, 5.74) is 0.695. The molecule has 160 valence electrons. The van der Waals surface area contributed by atoms with Crippen molar-refractivity contribution in [3.63, 3.8) is 0 Å². The van der Waals surface area contributed by atoms with Crippen LogP contribution < -0.4 is 4.74 Å². The highest BCUT2D eigenvalue weighted by molar-refractivity contribution is 7.89. The van der Waals surface area contributed by atoms with Crippen LogP contribution in [0.2, 0.25) is 10.0 Å². The second-order valence-electron chi connectivity index (χ2n) is 6.97. The Morgan fingerprint density at radius 3 is 2.40 bits per heavy atom. The molecule has 0 N–H and O–H groups in total. The van der Waals surface area contributed by atoms with Gasteiger partial charge in [-0.25, -0.2) is 12.7 Å². The number of Topliss-reactive ketones (excluding diaryl/α,β-unsaturated/α-hetero) is 1. The van der Waals surface area contributed by atoms with Crippen molar-refractivity contribution in [1.82, 2.24) is 4.31 Å². The predicted molar refractivity (Wildman–Crippen MR) is 114 cm³/mol. The zero-order valence-corrected chi connectivity index (χ0v) is 18.6. The highest BCUT2D eigenvalue weighted by Crippen LogP contribution is 2.30. The number of benzene rings is 2. The number of sulfonamides is 1. The van der Waals surface area contributed by atoms with Gasteiger partial charge in [-0.3, -0.25) is 9.59 Å². The monoisotopic (exact) mass is 469 g/mol. The predicted octanol–water partition coefficient (Wildman–Crippen LogP) is 4.13. The van der Waals surface area contributed by atoms with Crippen LogP contribution in [0.15, 0.2) is 47.4 Å². The largest absolute Gasteiger partial charge is 0.494 e. The fraction of sp³-hybridized carbons (Fsp3) is 0.333. The van der Waals surface area contributed by atoms with Crippen LogP contribution in [0.5, 0.6) is 5.75 Å². The molecule has 1 saturated heterocycles. The number of carbonyl (C=O) groups excluding carboxylic acids is 2. The molecule has 2 aromatic rings. The van der Waals surface area contributed by atoms with Gasteiger partial charge in [0.15, 0.2) is 5.78 Å². The zero-order chi connectivity index (χ0) is 21.9. The Bertz CT molecular complexity index is 1050. The first kappa shape index (κ1) is 22.6. The fourth-order valence-corrected chi connectivity index (χ4v) is 5.13. The van der Waals surface area contributed by atoms with Crippen molar-refractivity contribution in [2.75, 3.05) is 13.2 Å². The van der Waals surface area contributed by atoms with E-state index >= 15 is 0 Å². The van der Waals surface area contributed by atoms with Crippen LogP contribution in [0.1, 0.15) is 25.3 Å². The highest BCUT2D eigenvalue weighted by Gasteiger charge is 2.38. The van der Waals surface area contributed by atoms with Gasteiger partial charge in [0.25, 0.3) is 10.0 Å². The number of amides is 1. The van der Waals surface area contributed by atoms with E-state index in [4.69, 9.17) is 27.9 Å². The van der Waals surface area contributed by atoms with E-state index in [9.17, 15) is 18.0 Å². The molecule has 1 atom stereocenters. The first-order valence-electron chi connectivity index (χ1n) is 9.47. The lowest BCUT2D eigenvalue weighted by Crippen LogP contribution is -2.42. The summed E-state index contributed by atoms with van der Waals surface area (Å²) in [5, 5.41) is 0.853. The summed E-state index contributed by atoms with van der Waals surface area (Å²) in [7, 11) is -4.19. The number of ether oxygens (including phenoxy) is 1. The summed E-state index contributed by atoms with van der Waals surface area (Å²) < 4.78 is 32.5. The van der Waals surface area contributed by atoms with Crippen molar-refractivity contribution in [3.8, 4) is 5.75 Å².